The van der Waals surface area contributed by atoms with Crippen molar-refractivity contribution in [2.45, 2.75) is 51.6 Å². The van der Waals surface area contributed by atoms with Crippen LogP contribution in [-0.4, -0.2) is 60.3 Å². The molecule has 3 aliphatic heterocycles. The van der Waals surface area contributed by atoms with Crippen LogP contribution >= 0.6 is 0 Å². The number of carbonyl (C=O) groups excluding carboxylic acids is 1. The molecule has 0 aromatic carbocycles. The molecule has 1 unspecified atom stereocenters. The average molecular weight is 350 g/mol. The van der Waals surface area contributed by atoms with Gasteiger partial charge in [0.25, 0.3) is 0 Å². The van der Waals surface area contributed by atoms with Crippen LogP contribution in [0.5, 0.6) is 0 Å². The van der Waals surface area contributed by atoms with Crippen LogP contribution in [0.2, 0.25) is 0 Å². The van der Waals surface area contributed by atoms with Crippen LogP contribution in [0.4, 0.5) is 0 Å². The quantitative estimate of drug-likeness (QED) is 0.599. The minimum Gasteiger partial charge on any atom is -0.383 e. The fraction of sp³-hybridized carbons (Fsp3) is 0.833. The lowest BCUT2D eigenvalue weighted by Gasteiger charge is -2.46. The standard InChI is InChI=1S/C18H31N5O2/c1-3-4-5-15-11-23(21-20-15)12-16-10-14-6-8-22(16)13-17(14)18(24)19-7-9-25-2/h11,14,16-17H,3-10,12-13H2,1-2H3,(H,19,24)/p+1/t14-,16-,17+/m1/s1. The van der Waals surface area contributed by atoms with Crippen molar-refractivity contribution in [3.8, 4) is 0 Å². The Labute approximate surface area is 150 Å². The number of carbonyl (C=O) groups is 1. The third-order valence-corrected chi connectivity index (χ3v) is 5.77. The van der Waals surface area contributed by atoms with Gasteiger partial charge in [-0.2, -0.15) is 0 Å². The van der Waals surface area contributed by atoms with Crippen molar-refractivity contribution in [3.63, 3.8) is 0 Å². The maximum Gasteiger partial charge on any atom is 0.229 e. The number of unbranched alkanes of at least 4 members (excludes halogenated alkanes) is 1. The zero-order valence-corrected chi connectivity index (χ0v) is 15.5. The first kappa shape index (κ1) is 18.3. The van der Waals surface area contributed by atoms with Gasteiger partial charge in [-0.05, 0) is 18.8 Å². The lowest BCUT2D eigenvalue weighted by Crippen LogP contribution is -3.20. The SMILES string of the molecule is CCCCc1cn(C[C@H]2C[C@H]3CC[NH+]2C[C@@H]3C(=O)NCCOC)nn1. The summed E-state index contributed by atoms with van der Waals surface area (Å²) in [5.74, 6) is 0.876. The van der Waals surface area contributed by atoms with Gasteiger partial charge in [0.2, 0.25) is 5.91 Å². The van der Waals surface area contributed by atoms with E-state index in [4.69, 9.17) is 4.74 Å². The van der Waals surface area contributed by atoms with Crippen molar-refractivity contribution in [2.24, 2.45) is 11.8 Å². The van der Waals surface area contributed by atoms with Gasteiger partial charge < -0.3 is 15.0 Å². The number of aryl methyl sites for hydroxylation is 1. The summed E-state index contributed by atoms with van der Waals surface area (Å²) in [6, 6.07) is 0.558. The van der Waals surface area contributed by atoms with E-state index in [2.05, 4.69) is 28.7 Å². The number of hydrogen-bond donors (Lipinski definition) is 2. The Hall–Kier alpha value is -1.47. The highest BCUT2D eigenvalue weighted by Gasteiger charge is 2.46. The third kappa shape index (κ3) is 4.58. The summed E-state index contributed by atoms with van der Waals surface area (Å²) in [7, 11) is 1.66. The molecule has 3 saturated heterocycles. The molecule has 7 heteroatoms. The van der Waals surface area contributed by atoms with E-state index in [0.717, 1.165) is 38.0 Å². The Morgan fingerprint density at radius 3 is 3.12 bits per heavy atom. The summed E-state index contributed by atoms with van der Waals surface area (Å²) >= 11 is 0. The van der Waals surface area contributed by atoms with Crippen molar-refractivity contribution in [1.29, 1.82) is 0 Å². The third-order valence-electron chi connectivity index (χ3n) is 5.77. The maximum atomic E-state index is 12.4. The maximum absolute atomic E-state index is 12.4. The lowest BCUT2D eigenvalue weighted by molar-refractivity contribution is -0.945. The van der Waals surface area contributed by atoms with Gasteiger partial charge in [-0.3, -0.25) is 4.79 Å². The highest BCUT2D eigenvalue weighted by Crippen LogP contribution is 2.27. The van der Waals surface area contributed by atoms with E-state index in [0.29, 0.717) is 25.1 Å². The number of aromatic nitrogens is 3. The second kappa shape index (κ2) is 8.76. The normalized spacial score (nSPS) is 28.2. The topological polar surface area (TPSA) is 73.5 Å². The molecule has 140 valence electrons. The van der Waals surface area contributed by atoms with Gasteiger partial charge in [0, 0.05) is 32.7 Å². The molecule has 1 aromatic heterocycles. The highest BCUT2D eigenvalue weighted by molar-refractivity contribution is 5.79. The van der Waals surface area contributed by atoms with Gasteiger partial charge in [0.1, 0.15) is 6.04 Å². The molecule has 4 rings (SSSR count). The number of quaternary nitrogens is 1. The number of piperidine rings is 3. The smallest absolute Gasteiger partial charge is 0.229 e. The number of rotatable bonds is 9. The van der Waals surface area contributed by atoms with Crippen molar-refractivity contribution in [3.05, 3.63) is 11.9 Å². The van der Waals surface area contributed by atoms with Crippen LogP contribution in [0.25, 0.3) is 0 Å². The highest BCUT2D eigenvalue weighted by atomic mass is 16.5. The molecule has 0 radical (unpaired) electrons. The van der Waals surface area contributed by atoms with Crippen LogP contribution in [0, 0.1) is 11.8 Å². The Morgan fingerprint density at radius 2 is 2.40 bits per heavy atom. The minimum absolute atomic E-state index is 0.160. The first-order valence-electron chi connectivity index (χ1n) is 9.71. The molecule has 2 N–H and O–H groups in total. The van der Waals surface area contributed by atoms with Gasteiger partial charge in [-0.15, -0.1) is 5.10 Å². The summed E-state index contributed by atoms with van der Waals surface area (Å²) in [4.78, 5) is 14.0. The zero-order chi connectivity index (χ0) is 17.6. The molecule has 4 heterocycles. The predicted octanol–water partition coefficient (Wildman–Crippen LogP) is -0.323. The zero-order valence-electron chi connectivity index (χ0n) is 15.5. The molecule has 25 heavy (non-hydrogen) atoms. The number of nitrogens with one attached hydrogen (secondary N) is 2. The van der Waals surface area contributed by atoms with Crippen molar-refractivity contribution >= 4 is 5.91 Å². The lowest BCUT2D eigenvalue weighted by atomic mass is 9.75. The molecule has 7 nitrogen and oxygen atoms in total. The molecule has 1 amide bonds. The Bertz CT molecular complexity index is 561. The van der Waals surface area contributed by atoms with Crippen molar-refractivity contribution in [1.82, 2.24) is 20.3 Å². The van der Waals surface area contributed by atoms with Crippen LogP contribution in [0.1, 0.15) is 38.3 Å². The summed E-state index contributed by atoms with van der Waals surface area (Å²) < 4.78 is 7.03. The fourth-order valence-corrected chi connectivity index (χ4v) is 4.35. The van der Waals surface area contributed by atoms with Crippen LogP contribution in [-0.2, 0) is 22.5 Å². The van der Waals surface area contributed by atoms with E-state index in [9.17, 15) is 4.79 Å². The number of fused-ring (bicyclic) bond motifs is 3. The van der Waals surface area contributed by atoms with E-state index in [1.54, 1.807) is 12.0 Å². The molecular weight excluding hydrogens is 318 g/mol. The molecule has 1 aromatic rings. The van der Waals surface area contributed by atoms with Crippen molar-refractivity contribution in [2.75, 3.05) is 33.4 Å². The summed E-state index contributed by atoms with van der Waals surface area (Å²) in [5.41, 5.74) is 1.10. The van der Waals surface area contributed by atoms with Crippen LogP contribution < -0.4 is 10.2 Å². The monoisotopic (exact) mass is 350 g/mol. The molecular formula is C18H32N5O2+. The fourth-order valence-electron chi connectivity index (χ4n) is 4.35. The molecule has 3 fully saturated rings. The van der Waals surface area contributed by atoms with Gasteiger partial charge in [0.15, 0.2) is 0 Å². The predicted molar refractivity (Wildman–Crippen MR) is 94.2 cm³/mol. The number of hydrogen-bond acceptors (Lipinski definition) is 4. The summed E-state index contributed by atoms with van der Waals surface area (Å²) in [5, 5.41) is 11.6. The number of methoxy groups -OCH3 is 1. The Morgan fingerprint density at radius 1 is 1.52 bits per heavy atom. The first-order valence-corrected chi connectivity index (χ1v) is 9.71. The van der Waals surface area contributed by atoms with Gasteiger partial charge in [0.05, 0.1) is 37.9 Å². The first-order chi connectivity index (χ1) is 12.2. The van der Waals surface area contributed by atoms with Crippen LogP contribution in [0.15, 0.2) is 6.20 Å². The second-order valence-corrected chi connectivity index (χ2v) is 7.52. The molecule has 0 saturated carbocycles. The summed E-state index contributed by atoms with van der Waals surface area (Å²) in [6.07, 6.45) is 7.75. The van der Waals surface area contributed by atoms with Crippen molar-refractivity contribution < 1.29 is 14.4 Å². The van der Waals surface area contributed by atoms with Gasteiger partial charge >= 0.3 is 0 Å². The largest absolute Gasteiger partial charge is 0.383 e. The molecule has 2 bridgehead atoms. The van der Waals surface area contributed by atoms with Gasteiger partial charge in [-0.1, -0.05) is 18.6 Å². The number of amides is 1. The van der Waals surface area contributed by atoms with E-state index in [1.165, 1.54) is 19.4 Å². The Kier molecular flexibility index (Phi) is 6.42. The minimum atomic E-state index is 0.160. The number of ether oxygens (including phenoxy) is 1. The second-order valence-electron chi connectivity index (χ2n) is 7.52. The Balaban J connectivity index is 1.52. The molecule has 0 spiro atoms. The average Bonchev–Trinajstić information content (AvgIpc) is 3.08. The molecule has 3 aliphatic rings. The van der Waals surface area contributed by atoms with E-state index in [1.807, 2.05) is 4.68 Å². The van der Waals surface area contributed by atoms with E-state index < -0.39 is 0 Å². The van der Waals surface area contributed by atoms with E-state index in [-0.39, 0.29) is 11.8 Å². The molecule has 4 atom stereocenters. The summed E-state index contributed by atoms with van der Waals surface area (Å²) in [6.45, 7) is 6.43. The van der Waals surface area contributed by atoms with Gasteiger partial charge in [-0.25, -0.2) is 4.68 Å². The number of nitrogens with zero attached hydrogens (tertiary/aromatic N) is 3. The molecule has 0 aliphatic carbocycles. The van der Waals surface area contributed by atoms with E-state index >= 15 is 0 Å². The van der Waals surface area contributed by atoms with Crippen LogP contribution in [0.3, 0.4) is 0 Å².